The van der Waals surface area contributed by atoms with E-state index in [0.717, 1.165) is 23.3 Å². The molecule has 9 nitrogen and oxygen atoms in total. The monoisotopic (exact) mass is 389 g/mol. The molecule has 1 atom stereocenters. The highest BCUT2D eigenvalue weighted by Crippen LogP contribution is 2.42. The number of imide groups is 1. The molecule has 3 rings (SSSR count). The molecule has 0 aromatic heterocycles. The molecule has 2 fully saturated rings. The van der Waals surface area contributed by atoms with E-state index in [1.165, 1.54) is 7.11 Å². The fourth-order valence-electron chi connectivity index (χ4n) is 3.21. The lowest BCUT2D eigenvalue weighted by molar-refractivity contribution is -0.151. The molecular formula is C19H23N3O6. The van der Waals surface area contributed by atoms with Crippen molar-refractivity contribution in [2.24, 2.45) is 5.92 Å². The number of benzene rings is 1. The van der Waals surface area contributed by atoms with Crippen LogP contribution < -0.4 is 15.4 Å². The summed E-state index contributed by atoms with van der Waals surface area (Å²) in [6.07, 6.45) is 1.74. The van der Waals surface area contributed by atoms with E-state index in [9.17, 15) is 19.2 Å². The summed E-state index contributed by atoms with van der Waals surface area (Å²) in [5.41, 5.74) is -0.174. The van der Waals surface area contributed by atoms with Crippen molar-refractivity contribution in [2.45, 2.75) is 31.8 Å². The van der Waals surface area contributed by atoms with E-state index in [1.807, 2.05) is 12.1 Å². The average Bonchev–Trinajstić information content (AvgIpc) is 3.51. The number of urea groups is 1. The zero-order chi connectivity index (χ0) is 20.3. The molecule has 4 amide bonds. The maximum Gasteiger partial charge on any atom is 0.326 e. The van der Waals surface area contributed by atoms with Crippen LogP contribution in [-0.4, -0.2) is 54.5 Å². The predicted octanol–water partition coefficient (Wildman–Crippen LogP) is 0.575. The molecule has 0 unspecified atom stereocenters. The van der Waals surface area contributed by atoms with Crippen LogP contribution in [0.3, 0.4) is 0 Å². The van der Waals surface area contributed by atoms with Crippen LogP contribution in [0, 0.1) is 5.92 Å². The lowest BCUT2D eigenvalue weighted by Gasteiger charge is -2.20. The number of carbonyl (C=O) groups excluding carboxylic acids is 4. The van der Waals surface area contributed by atoms with Gasteiger partial charge in [-0.05, 0) is 31.7 Å². The van der Waals surface area contributed by atoms with Gasteiger partial charge >= 0.3 is 12.0 Å². The van der Waals surface area contributed by atoms with Crippen LogP contribution in [0.25, 0.3) is 0 Å². The Hall–Kier alpha value is -3.10. The second kappa shape index (κ2) is 7.87. The van der Waals surface area contributed by atoms with E-state index in [0.29, 0.717) is 5.75 Å². The molecule has 1 aliphatic carbocycles. The number of esters is 1. The van der Waals surface area contributed by atoms with Gasteiger partial charge < -0.3 is 20.1 Å². The summed E-state index contributed by atoms with van der Waals surface area (Å²) in [7, 11) is 1.53. The Labute approximate surface area is 162 Å². The Morgan fingerprint density at radius 1 is 1.29 bits per heavy atom. The lowest BCUT2D eigenvalue weighted by Crippen LogP contribution is -2.46. The molecular weight excluding hydrogens is 366 g/mol. The fraction of sp³-hybridized carbons (Fsp3) is 0.474. The average molecular weight is 389 g/mol. The first-order chi connectivity index (χ1) is 13.3. The number of amides is 4. The van der Waals surface area contributed by atoms with Crippen molar-refractivity contribution in [1.82, 2.24) is 15.5 Å². The maximum atomic E-state index is 12.5. The summed E-state index contributed by atoms with van der Waals surface area (Å²) < 4.78 is 10.1. The highest BCUT2D eigenvalue weighted by molar-refractivity contribution is 6.08. The summed E-state index contributed by atoms with van der Waals surface area (Å²) in [6, 6.07) is 6.60. The Morgan fingerprint density at radius 3 is 2.68 bits per heavy atom. The summed E-state index contributed by atoms with van der Waals surface area (Å²) in [6.45, 7) is 0.860. The predicted molar refractivity (Wildman–Crippen MR) is 97.2 cm³/mol. The summed E-state index contributed by atoms with van der Waals surface area (Å²) in [5, 5.41) is 5.27. The minimum absolute atomic E-state index is 0.103. The molecule has 1 saturated heterocycles. The molecule has 150 valence electrons. The Balaban J connectivity index is 1.44. The lowest BCUT2D eigenvalue weighted by atomic mass is 9.96. The normalized spacial score (nSPS) is 21.3. The molecule has 2 aliphatic rings. The third-order valence-corrected chi connectivity index (χ3v) is 5.02. The fourth-order valence-corrected chi connectivity index (χ4v) is 3.21. The summed E-state index contributed by atoms with van der Waals surface area (Å²) in [4.78, 5) is 49.2. The largest absolute Gasteiger partial charge is 0.496 e. The number of ether oxygens (including phenoxy) is 2. The van der Waals surface area contributed by atoms with E-state index < -0.39 is 42.5 Å². The van der Waals surface area contributed by atoms with Crippen molar-refractivity contribution >= 4 is 23.8 Å². The van der Waals surface area contributed by atoms with Gasteiger partial charge in [0.1, 0.15) is 17.8 Å². The number of nitrogens with one attached hydrogen (secondary N) is 2. The van der Waals surface area contributed by atoms with E-state index >= 15 is 0 Å². The van der Waals surface area contributed by atoms with Crippen molar-refractivity contribution in [3.05, 3.63) is 29.8 Å². The number of nitrogens with zero attached hydrogens (tertiary/aromatic N) is 1. The van der Waals surface area contributed by atoms with Crippen LogP contribution in [0.4, 0.5) is 4.79 Å². The Kier molecular flexibility index (Phi) is 5.53. The van der Waals surface area contributed by atoms with E-state index in [2.05, 4.69) is 10.6 Å². The zero-order valence-electron chi connectivity index (χ0n) is 15.8. The van der Waals surface area contributed by atoms with Crippen molar-refractivity contribution in [3.8, 4) is 5.75 Å². The minimum Gasteiger partial charge on any atom is -0.496 e. The van der Waals surface area contributed by atoms with Gasteiger partial charge in [-0.1, -0.05) is 18.2 Å². The van der Waals surface area contributed by atoms with Gasteiger partial charge in [0.25, 0.3) is 11.8 Å². The number of para-hydroxylation sites is 1. The first-order valence-corrected chi connectivity index (χ1v) is 9.03. The summed E-state index contributed by atoms with van der Waals surface area (Å²) in [5.74, 6) is -1.02. The molecule has 28 heavy (non-hydrogen) atoms. The number of methoxy groups -OCH3 is 1. The number of carbonyl (C=O) groups is 4. The van der Waals surface area contributed by atoms with Crippen molar-refractivity contribution in [3.63, 3.8) is 0 Å². The molecule has 1 aromatic carbocycles. The molecule has 0 radical (unpaired) electrons. The van der Waals surface area contributed by atoms with Gasteiger partial charge in [0.2, 0.25) is 0 Å². The maximum absolute atomic E-state index is 12.5. The molecule has 9 heteroatoms. The second-order valence-electron chi connectivity index (χ2n) is 7.05. The smallest absolute Gasteiger partial charge is 0.326 e. The molecule has 1 heterocycles. The van der Waals surface area contributed by atoms with Gasteiger partial charge in [0, 0.05) is 12.1 Å². The Morgan fingerprint density at radius 2 is 2.00 bits per heavy atom. The van der Waals surface area contributed by atoms with Crippen LogP contribution in [0.2, 0.25) is 0 Å². The van der Waals surface area contributed by atoms with Gasteiger partial charge in [0.05, 0.1) is 7.11 Å². The first kappa shape index (κ1) is 19.7. The van der Waals surface area contributed by atoms with Gasteiger partial charge in [-0.2, -0.15) is 0 Å². The molecule has 0 bridgehead atoms. The molecule has 0 spiro atoms. The van der Waals surface area contributed by atoms with E-state index in [4.69, 9.17) is 9.47 Å². The van der Waals surface area contributed by atoms with Gasteiger partial charge in [-0.3, -0.25) is 19.3 Å². The molecule has 1 saturated carbocycles. The van der Waals surface area contributed by atoms with Crippen LogP contribution in [-0.2, 0) is 25.7 Å². The van der Waals surface area contributed by atoms with Crippen molar-refractivity contribution in [1.29, 1.82) is 0 Å². The zero-order valence-corrected chi connectivity index (χ0v) is 15.8. The second-order valence-corrected chi connectivity index (χ2v) is 7.05. The third-order valence-electron chi connectivity index (χ3n) is 5.02. The summed E-state index contributed by atoms with van der Waals surface area (Å²) >= 11 is 0. The quantitative estimate of drug-likeness (QED) is 0.496. The SMILES string of the molecule is COc1ccccc1CNC(=O)COC(=O)CN1C(=O)N[C@@](C)(C2CC2)C1=O. The van der Waals surface area contributed by atoms with Crippen LogP contribution in [0.5, 0.6) is 5.75 Å². The molecule has 1 aliphatic heterocycles. The van der Waals surface area contributed by atoms with Gasteiger partial charge in [-0.15, -0.1) is 0 Å². The van der Waals surface area contributed by atoms with E-state index in [1.54, 1.807) is 19.1 Å². The van der Waals surface area contributed by atoms with Crippen LogP contribution in [0.1, 0.15) is 25.3 Å². The van der Waals surface area contributed by atoms with Crippen molar-refractivity contribution in [2.75, 3.05) is 20.3 Å². The number of hydrogen-bond acceptors (Lipinski definition) is 6. The highest BCUT2D eigenvalue weighted by atomic mass is 16.5. The number of hydrogen-bond donors (Lipinski definition) is 2. The first-order valence-electron chi connectivity index (χ1n) is 9.03. The number of rotatable bonds is 8. The standard InChI is InChI=1S/C19H23N3O6/c1-19(13-7-8-13)17(25)22(18(26)21-19)10-16(24)28-11-15(23)20-9-12-5-3-4-6-14(12)27-2/h3-6,13H,7-11H2,1-2H3,(H,20,23)(H,21,26)/t19-/m0/s1. The van der Waals surface area contributed by atoms with Crippen LogP contribution >= 0.6 is 0 Å². The van der Waals surface area contributed by atoms with Crippen LogP contribution in [0.15, 0.2) is 24.3 Å². The topological polar surface area (TPSA) is 114 Å². The molecule has 1 aromatic rings. The van der Waals surface area contributed by atoms with Gasteiger partial charge in [0.15, 0.2) is 6.61 Å². The Bertz CT molecular complexity index is 807. The highest BCUT2D eigenvalue weighted by Gasteiger charge is 2.56. The molecule has 2 N–H and O–H groups in total. The van der Waals surface area contributed by atoms with Crippen molar-refractivity contribution < 1.29 is 28.7 Å². The van der Waals surface area contributed by atoms with Gasteiger partial charge in [-0.25, -0.2) is 4.79 Å². The third kappa shape index (κ3) is 4.08. The van der Waals surface area contributed by atoms with E-state index in [-0.39, 0.29) is 12.5 Å². The minimum atomic E-state index is -0.955.